The summed E-state index contributed by atoms with van der Waals surface area (Å²) in [6.07, 6.45) is 2.81. The lowest BCUT2D eigenvalue weighted by molar-refractivity contribution is -0.572. The van der Waals surface area contributed by atoms with Crippen LogP contribution in [0.1, 0.15) is 39.5 Å². The number of aliphatic hydroxyl groups excluding tert-OH is 1. The number of rotatable bonds is 2. The number of nitro groups is 1. The summed E-state index contributed by atoms with van der Waals surface area (Å²) in [6.45, 7) is 3.30. The molecule has 0 aromatic heterocycles. The SMILES string of the molecule is CC(C)([C@@H]1CCC[C@H](O)C1)[N+](=O)[O-]. The number of hydrogen-bond donors (Lipinski definition) is 1. The fourth-order valence-electron chi connectivity index (χ4n) is 1.95. The Hall–Kier alpha value is -0.640. The van der Waals surface area contributed by atoms with Crippen LogP contribution in [0.15, 0.2) is 0 Å². The summed E-state index contributed by atoms with van der Waals surface area (Å²) in [4.78, 5) is 10.5. The first-order chi connectivity index (χ1) is 5.94. The highest BCUT2D eigenvalue weighted by Crippen LogP contribution is 2.34. The molecule has 13 heavy (non-hydrogen) atoms. The molecule has 0 spiro atoms. The van der Waals surface area contributed by atoms with E-state index in [0.717, 1.165) is 19.3 Å². The average Bonchev–Trinajstić information content (AvgIpc) is 2.04. The molecule has 1 aliphatic rings. The van der Waals surface area contributed by atoms with Crippen LogP contribution in [0.5, 0.6) is 0 Å². The molecule has 0 unspecified atom stereocenters. The third-order valence-corrected chi connectivity index (χ3v) is 3.12. The molecule has 4 heteroatoms. The fraction of sp³-hybridized carbons (Fsp3) is 1.00. The van der Waals surface area contributed by atoms with Gasteiger partial charge in [0.15, 0.2) is 0 Å². The Labute approximate surface area is 78.1 Å². The predicted molar refractivity (Wildman–Crippen MR) is 49.0 cm³/mol. The van der Waals surface area contributed by atoms with Crippen molar-refractivity contribution in [3.05, 3.63) is 10.1 Å². The maximum absolute atomic E-state index is 10.8. The summed E-state index contributed by atoms with van der Waals surface area (Å²) < 4.78 is 0. The average molecular weight is 187 g/mol. The summed E-state index contributed by atoms with van der Waals surface area (Å²) in [5.74, 6) is 0.0197. The van der Waals surface area contributed by atoms with E-state index < -0.39 is 5.54 Å². The Morgan fingerprint density at radius 3 is 2.54 bits per heavy atom. The molecule has 1 aliphatic carbocycles. The van der Waals surface area contributed by atoms with Gasteiger partial charge in [0.1, 0.15) is 0 Å². The lowest BCUT2D eigenvalue weighted by Gasteiger charge is -2.32. The molecule has 0 amide bonds. The lowest BCUT2D eigenvalue weighted by Crippen LogP contribution is -2.42. The van der Waals surface area contributed by atoms with Crippen LogP contribution in [0.3, 0.4) is 0 Å². The normalized spacial score (nSPS) is 30.1. The van der Waals surface area contributed by atoms with Crippen LogP contribution in [-0.2, 0) is 0 Å². The van der Waals surface area contributed by atoms with E-state index in [1.165, 1.54) is 0 Å². The Morgan fingerprint density at radius 1 is 1.46 bits per heavy atom. The number of hydrogen-bond acceptors (Lipinski definition) is 3. The molecule has 4 nitrogen and oxygen atoms in total. The van der Waals surface area contributed by atoms with E-state index in [4.69, 9.17) is 0 Å². The monoisotopic (exact) mass is 187 g/mol. The highest BCUT2D eigenvalue weighted by molar-refractivity contribution is 4.83. The van der Waals surface area contributed by atoms with Gasteiger partial charge in [0.2, 0.25) is 5.54 Å². The molecular formula is C9H17NO3. The topological polar surface area (TPSA) is 63.4 Å². The largest absolute Gasteiger partial charge is 0.393 e. The zero-order valence-electron chi connectivity index (χ0n) is 8.19. The van der Waals surface area contributed by atoms with E-state index in [-0.39, 0.29) is 16.9 Å². The number of nitrogens with zero attached hydrogens (tertiary/aromatic N) is 1. The second-order valence-electron chi connectivity index (χ2n) is 4.43. The van der Waals surface area contributed by atoms with Crippen LogP contribution in [0.2, 0.25) is 0 Å². The predicted octanol–water partition coefficient (Wildman–Crippen LogP) is 1.59. The summed E-state index contributed by atoms with van der Waals surface area (Å²) >= 11 is 0. The van der Waals surface area contributed by atoms with Gasteiger partial charge in [-0.15, -0.1) is 0 Å². The molecule has 76 valence electrons. The summed E-state index contributed by atoms with van der Waals surface area (Å²) in [6, 6.07) is 0. The third-order valence-electron chi connectivity index (χ3n) is 3.12. The zero-order valence-corrected chi connectivity index (χ0v) is 8.19. The second kappa shape index (κ2) is 3.62. The first-order valence-corrected chi connectivity index (χ1v) is 4.77. The van der Waals surface area contributed by atoms with Gasteiger partial charge in [-0.2, -0.15) is 0 Å². The quantitative estimate of drug-likeness (QED) is 0.527. The standard InChI is InChI=1S/C9H17NO3/c1-9(2,10(12)13)7-4-3-5-8(11)6-7/h7-8,11H,3-6H2,1-2H3/t7-,8+/m1/s1. The van der Waals surface area contributed by atoms with Gasteiger partial charge in [-0.3, -0.25) is 10.1 Å². The van der Waals surface area contributed by atoms with E-state index >= 15 is 0 Å². The van der Waals surface area contributed by atoms with Gasteiger partial charge in [-0.25, -0.2) is 0 Å². The number of aliphatic hydroxyl groups is 1. The van der Waals surface area contributed by atoms with Gasteiger partial charge < -0.3 is 5.11 Å². The van der Waals surface area contributed by atoms with Crippen molar-refractivity contribution in [3.63, 3.8) is 0 Å². The van der Waals surface area contributed by atoms with Crippen molar-refractivity contribution in [1.82, 2.24) is 0 Å². The maximum Gasteiger partial charge on any atom is 0.219 e. The first kappa shape index (κ1) is 10.4. The van der Waals surface area contributed by atoms with Gasteiger partial charge in [-0.05, 0) is 19.3 Å². The molecular weight excluding hydrogens is 170 g/mol. The minimum atomic E-state index is -0.887. The molecule has 2 atom stereocenters. The maximum atomic E-state index is 10.8. The Bertz CT molecular complexity index is 203. The third kappa shape index (κ3) is 2.18. The highest BCUT2D eigenvalue weighted by Gasteiger charge is 2.42. The van der Waals surface area contributed by atoms with Crippen LogP contribution in [0.25, 0.3) is 0 Å². The molecule has 1 fully saturated rings. The summed E-state index contributed by atoms with van der Waals surface area (Å²) in [5.41, 5.74) is -0.887. The van der Waals surface area contributed by atoms with Crippen molar-refractivity contribution in [1.29, 1.82) is 0 Å². The van der Waals surface area contributed by atoms with E-state index in [0.29, 0.717) is 6.42 Å². The summed E-state index contributed by atoms with van der Waals surface area (Å²) in [5, 5.41) is 20.2. The van der Waals surface area contributed by atoms with E-state index in [1.54, 1.807) is 13.8 Å². The van der Waals surface area contributed by atoms with Gasteiger partial charge in [0.25, 0.3) is 0 Å². The van der Waals surface area contributed by atoms with Crippen molar-refractivity contribution in [3.8, 4) is 0 Å². The smallest absolute Gasteiger partial charge is 0.219 e. The molecule has 0 heterocycles. The van der Waals surface area contributed by atoms with Gasteiger partial charge in [-0.1, -0.05) is 6.42 Å². The minimum Gasteiger partial charge on any atom is -0.393 e. The molecule has 1 N–H and O–H groups in total. The molecule has 0 saturated heterocycles. The fourth-order valence-corrected chi connectivity index (χ4v) is 1.95. The van der Waals surface area contributed by atoms with Gasteiger partial charge in [0.05, 0.1) is 6.10 Å². The Balaban J connectivity index is 2.64. The van der Waals surface area contributed by atoms with Crippen LogP contribution < -0.4 is 0 Å². The molecule has 0 aromatic rings. The Kier molecular flexibility index (Phi) is 2.91. The van der Waals surface area contributed by atoms with Crippen molar-refractivity contribution in [2.75, 3.05) is 0 Å². The molecule has 0 aromatic carbocycles. The van der Waals surface area contributed by atoms with Crippen molar-refractivity contribution in [2.45, 2.75) is 51.2 Å². The van der Waals surface area contributed by atoms with E-state index in [9.17, 15) is 15.2 Å². The van der Waals surface area contributed by atoms with Gasteiger partial charge in [0, 0.05) is 24.7 Å². The van der Waals surface area contributed by atoms with Gasteiger partial charge >= 0.3 is 0 Å². The van der Waals surface area contributed by atoms with Crippen LogP contribution in [0, 0.1) is 16.0 Å². The second-order valence-corrected chi connectivity index (χ2v) is 4.43. The van der Waals surface area contributed by atoms with E-state index in [1.807, 2.05) is 0 Å². The molecule has 0 bridgehead atoms. The molecule has 1 rings (SSSR count). The minimum absolute atomic E-state index is 0.0197. The summed E-state index contributed by atoms with van der Waals surface area (Å²) in [7, 11) is 0. The highest BCUT2D eigenvalue weighted by atomic mass is 16.6. The van der Waals surface area contributed by atoms with Crippen molar-refractivity contribution in [2.24, 2.45) is 5.92 Å². The first-order valence-electron chi connectivity index (χ1n) is 4.77. The van der Waals surface area contributed by atoms with Crippen molar-refractivity contribution < 1.29 is 10.0 Å². The van der Waals surface area contributed by atoms with Crippen LogP contribution >= 0.6 is 0 Å². The zero-order chi connectivity index (χ0) is 10.1. The Morgan fingerprint density at radius 2 is 2.08 bits per heavy atom. The lowest BCUT2D eigenvalue weighted by atomic mass is 9.76. The molecule has 0 aliphatic heterocycles. The van der Waals surface area contributed by atoms with Crippen molar-refractivity contribution >= 4 is 0 Å². The van der Waals surface area contributed by atoms with E-state index in [2.05, 4.69) is 0 Å². The molecule has 0 radical (unpaired) electrons. The molecule has 1 saturated carbocycles. The van der Waals surface area contributed by atoms with Crippen LogP contribution in [-0.4, -0.2) is 21.7 Å². The van der Waals surface area contributed by atoms with Crippen LogP contribution in [0.4, 0.5) is 0 Å².